The van der Waals surface area contributed by atoms with Gasteiger partial charge in [0.15, 0.2) is 40.5 Å². The molecule has 2 aromatic heterocycles. The molecule has 1 aliphatic heterocycles. The molecule has 70 heavy (non-hydrogen) atoms. The second kappa shape index (κ2) is 15.9. The Morgan fingerprint density at radius 2 is 0.829 bits per heavy atom. The van der Waals surface area contributed by atoms with Gasteiger partial charge >= 0.3 is 0 Å². The lowest BCUT2D eigenvalue weighted by molar-refractivity contribution is 0.360. The largest absolute Gasteiger partial charge is 0.449 e. The second-order valence-corrected chi connectivity index (χ2v) is 17.9. The highest BCUT2D eigenvalue weighted by molar-refractivity contribution is 6.09. The first kappa shape index (κ1) is 39.7. The maximum Gasteiger partial charge on any atom is 0.178 e. The van der Waals surface area contributed by atoms with Gasteiger partial charge in [0.25, 0.3) is 0 Å². The standard InChI is InChI=1S/C64H40N4O2/c1-4-16-42(17-5-1)61-65-62(67-63(66-61)44-32-35-48(36-33-44)68-54-26-14-11-22-49(54)50-23-12-15-27-55(50)68)43-30-28-41(29-31-43)45-34-38-56-58(40-45)69-57-39-37-53-59(60(57)70-56)51-24-10-13-25-52(51)64(53,46-18-6-2-7-19-46)47-20-8-3-9-21-47/h1-40H. The first-order valence-corrected chi connectivity index (χ1v) is 23.6. The Labute approximate surface area is 404 Å². The zero-order chi connectivity index (χ0) is 46.2. The summed E-state index contributed by atoms with van der Waals surface area (Å²) in [6.07, 6.45) is 0. The van der Waals surface area contributed by atoms with E-state index in [4.69, 9.17) is 24.4 Å². The fraction of sp³-hybridized carbons (Fsp3) is 0.0156. The molecule has 0 saturated carbocycles. The second-order valence-electron chi connectivity index (χ2n) is 17.9. The smallest absolute Gasteiger partial charge is 0.178 e. The molecule has 10 aromatic carbocycles. The molecule has 6 nitrogen and oxygen atoms in total. The fourth-order valence-electron chi connectivity index (χ4n) is 10.9. The highest BCUT2D eigenvalue weighted by Crippen LogP contribution is 2.62. The van der Waals surface area contributed by atoms with E-state index in [1.165, 1.54) is 44.1 Å². The third-order valence-corrected chi connectivity index (χ3v) is 14.0. The summed E-state index contributed by atoms with van der Waals surface area (Å²) in [7, 11) is 0. The number of para-hydroxylation sites is 2. The molecule has 3 heterocycles. The number of ether oxygens (including phenoxy) is 2. The molecule has 0 atom stereocenters. The Morgan fingerprint density at radius 3 is 1.46 bits per heavy atom. The van der Waals surface area contributed by atoms with Crippen molar-refractivity contribution >= 4 is 21.8 Å². The van der Waals surface area contributed by atoms with Gasteiger partial charge in [-0.1, -0.05) is 188 Å². The van der Waals surface area contributed by atoms with E-state index in [2.05, 4.69) is 211 Å². The SMILES string of the molecule is c1ccc(-c2nc(-c3ccc(-c4ccc5c(c4)Oc4ccc6c(c4O5)-c4ccccc4C6(c4ccccc4)c4ccccc4)cc3)nc(-c3ccc(-n4c5ccccc5c5ccccc54)cc3)n2)cc1. The summed E-state index contributed by atoms with van der Waals surface area (Å²) < 4.78 is 16.0. The van der Waals surface area contributed by atoms with Crippen LogP contribution < -0.4 is 9.47 Å². The maximum absolute atomic E-state index is 6.92. The highest BCUT2D eigenvalue weighted by atomic mass is 16.6. The summed E-state index contributed by atoms with van der Waals surface area (Å²) in [5.41, 5.74) is 14.6. The van der Waals surface area contributed by atoms with Crippen LogP contribution in [0.2, 0.25) is 0 Å². The molecular formula is C64H40N4O2. The monoisotopic (exact) mass is 896 g/mol. The summed E-state index contributed by atoms with van der Waals surface area (Å²) in [6.45, 7) is 0. The van der Waals surface area contributed by atoms with E-state index >= 15 is 0 Å². The predicted octanol–water partition coefficient (Wildman–Crippen LogP) is 15.9. The summed E-state index contributed by atoms with van der Waals surface area (Å²) >= 11 is 0. The van der Waals surface area contributed by atoms with E-state index in [1.54, 1.807) is 0 Å². The van der Waals surface area contributed by atoms with E-state index in [1.807, 2.05) is 36.4 Å². The summed E-state index contributed by atoms with van der Waals surface area (Å²) in [5, 5.41) is 2.46. The van der Waals surface area contributed by atoms with E-state index in [0.29, 0.717) is 34.7 Å². The van der Waals surface area contributed by atoms with Crippen molar-refractivity contribution < 1.29 is 9.47 Å². The third-order valence-electron chi connectivity index (χ3n) is 14.0. The topological polar surface area (TPSA) is 62.1 Å². The van der Waals surface area contributed by atoms with E-state index in [0.717, 1.165) is 50.4 Å². The molecular weight excluding hydrogens is 857 g/mol. The summed E-state index contributed by atoms with van der Waals surface area (Å²) in [5.74, 6) is 4.57. The molecule has 0 N–H and O–H groups in total. The van der Waals surface area contributed by atoms with Gasteiger partial charge < -0.3 is 14.0 Å². The van der Waals surface area contributed by atoms with Crippen molar-refractivity contribution in [2.24, 2.45) is 0 Å². The van der Waals surface area contributed by atoms with Crippen LogP contribution in [0.3, 0.4) is 0 Å². The van der Waals surface area contributed by atoms with Crippen LogP contribution in [0.5, 0.6) is 23.0 Å². The van der Waals surface area contributed by atoms with Crippen LogP contribution in [0, 0.1) is 0 Å². The van der Waals surface area contributed by atoms with E-state index in [-0.39, 0.29) is 0 Å². The Hall–Kier alpha value is -9.39. The van der Waals surface area contributed by atoms with Gasteiger partial charge in [-0.3, -0.25) is 0 Å². The zero-order valence-electron chi connectivity index (χ0n) is 37.7. The van der Waals surface area contributed by atoms with Crippen molar-refractivity contribution in [1.82, 2.24) is 19.5 Å². The molecule has 0 amide bonds. The average Bonchev–Trinajstić information content (AvgIpc) is 3.94. The Bertz CT molecular complexity index is 3890. The molecule has 328 valence electrons. The predicted molar refractivity (Wildman–Crippen MR) is 280 cm³/mol. The van der Waals surface area contributed by atoms with Crippen molar-refractivity contribution in [2.45, 2.75) is 5.41 Å². The Morgan fingerprint density at radius 1 is 0.343 bits per heavy atom. The minimum absolute atomic E-state index is 0.532. The van der Waals surface area contributed by atoms with Crippen molar-refractivity contribution in [3.63, 3.8) is 0 Å². The molecule has 12 aromatic rings. The zero-order valence-corrected chi connectivity index (χ0v) is 37.7. The van der Waals surface area contributed by atoms with Crippen LogP contribution in [0.25, 0.3) is 83.9 Å². The first-order chi connectivity index (χ1) is 34.7. The van der Waals surface area contributed by atoms with Crippen LogP contribution >= 0.6 is 0 Å². The van der Waals surface area contributed by atoms with Gasteiger partial charge in [0.05, 0.1) is 16.4 Å². The fourth-order valence-corrected chi connectivity index (χ4v) is 10.9. The molecule has 14 rings (SSSR count). The molecule has 0 fully saturated rings. The number of rotatable bonds is 7. The first-order valence-electron chi connectivity index (χ1n) is 23.6. The van der Waals surface area contributed by atoms with Crippen LogP contribution in [-0.2, 0) is 5.41 Å². The normalized spacial score (nSPS) is 12.9. The number of hydrogen-bond acceptors (Lipinski definition) is 5. The van der Waals surface area contributed by atoms with E-state index in [9.17, 15) is 0 Å². The number of hydrogen-bond donors (Lipinski definition) is 0. The summed E-state index contributed by atoms with van der Waals surface area (Å²) in [6, 6.07) is 84.8. The van der Waals surface area contributed by atoms with Crippen LogP contribution in [0.1, 0.15) is 22.3 Å². The molecule has 0 bridgehead atoms. The van der Waals surface area contributed by atoms with Gasteiger partial charge in [-0.15, -0.1) is 0 Å². The van der Waals surface area contributed by atoms with Crippen LogP contribution in [-0.4, -0.2) is 19.5 Å². The number of nitrogens with zero attached hydrogens (tertiary/aromatic N) is 4. The molecule has 6 heteroatoms. The van der Waals surface area contributed by atoms with Gasteiger partial charge in [-0.25, -0.2) is 15.0 Å². The number of fused-ring (bicyclic) bond motifs is 9. The quantitative estimate of drug-likeness (QED) is 0.159. The lowest BCUT2D eigenvalue weighted by atomic mass is 9.68. The molecule has 2 aliphatic rings. The van der Waals surface area contributed by atoms with Gasteiger partial charge in [0.1, 0.15) is 0 Å². The molecule has 0 spiro atoms. The minimum Gasteiger partial charge on any atom is -0.449 e. The lowest BCUT2D eigenvalue weighted by Crippen LogP contribution is -2.28. The van der Waals surface area contributed by atoms with Crippen molar-refractivity contribution in [3.05, 3.63) is 265 Å². The van der Waals surface area contributed by atoms with Crippen LogP contribution in [0.4, 0.5) is 0 Å². The maximum atomic E-state index is 6.92. The third kappa shape index (κ3) is 6.17. The van der Waals surface area contributed by atoms with Gasteiger partial charge in [-0.05, 0) is 93.5 Å². The summed E-state index contributed by atoms with van der Waals surface area (Å²) in [4.78, 5) is 15.1. The lowest BCUT2D eigenvalue weighted by Gasteiger charge is -2.34. The van der Waals surface area contributed by atoms with Gasteiger partial charge in [-0.2, -0.15) is 0 Å². The van der Waals surface area contributed by atoms with Crippen molar-refractivity contribution in [3.8, 4) is 85.1 Å². The number of aromatic nitrogens is 4. The Kier molecular flexibility index (Phi) is 9.01. The minimum atomic E-state index is -0.532. The highest BCUT2D eigenvalue weighted by Gasteiger charge is 2.48. The van der Waals surface area contributed by atoms with Crippen molar-refractivity contribution in [2.75, 3.05) is 0 Å². The molecule has 1 aliphatic carbocycles. The number of benzene rings is 10. The average molecular weight is 897 g/mol. The van der Waals surface area contributed by atoms with Gasteiger partial charge in [0.2, 0.25) is 0 Å². The van der Waals surface area contributed by atoms with Crippen molar-refractivity contribution in [1.29, 1.82) is 0 Å². The van der Waals surface area contributed by atoms with E-state index < -0.39 is 5.41 Å². The molecule has 0 radical (unpaired) electrons. The molecule has 0 saturated heterocycles. The molecule has 0 unspecified atom stereocenters. The van der Waals surface area contributed by atoms with Gasteiger partial charge in [0, 0.05) is 38.7 Å². The Balaban J connectivity index is 0.793. The van der Waals surface area contributed by atoms with Crippen LogP contribution in [0.15, 0.2) is 243 Å².